The zero-order valence-electron chi connectivity index (χ0n) is 6.73. The normalized spacial score (nSPS) is 25.9. The van der Waals surface area contributed by atoms with E-state index in [1.165, 1.54) is 4.31 Å². The number of nitrogens with zero attached hydrogens (tertiary/aromatic N) is 1. The molecule has 0 aromatic rings. The number of sulfonamides is 1. The Morgan fingerprint density at radius 2 is 2.17 bits per heavy atom. The van der Waals surface area contributed by atoms with Gasteiger partial charge in [-0.2, -0.15) is 0 Å². The van der Waals surface area contributed by atoms with E-state index in [9.17, 15) is 13.2 Å². The van der Waals surface area contributed by atoms with Crippen LogP contribution in [0.5, 0.6) is 0 Å². The van der Waals surface area contributed by atoms with Gasteiger partial charge in [0.1, 0.15) is 0 Å². The van der Waals surface area contributed by atoms with Gasteiger partial charge >= 0.3 is 5.97 Å². The Morgan fingerprint density at radius 3 is 2.42 bits per heavy atom. The molecule has 1 aliphatic heterocycles. The summed E-state index contributed by atoms with van der Waals surface area (Å²) in [6.45, 7) is 0.448. The number of carboxylic acid groups (broad SMARTS) is 1. The van der Waals surface area contributed by atoms with Crippen LogP contribution < -0.4 is 0 Å². The molecule has 0 aliphatic carbocycles. The van der Waals surface area contributed by atoms with Crippen LogP contribution in [-0.4, -0.2) is 43.1 Å². The van der Waals surface area contributed by atoms with Gasteiger partial charge in [0.05, 0.1) is 12.2 Å². The molecular formula is C6H11NO4S. The van der Waals surface area contributed by atoms with Crippen LogP contribution in [0.4, 0.5) is 0 Å². The maximum Gasteiger partial charge on any atom is 0.307 e. The van der Waals surface area contributed by atoms with E-state index < -0.39 is 21.9 Å². The lowest BCUT2D eigenvalue weighted by molar-refractivity contribution is -0.141. The molecule has 1 aliphatic rings. The summed E-state index contributed by atoms with van der Waals surface area (Å²) in [5.74, 6) is -1.44. The lowest BCUT2D eigenvalue weighted by Crippen LogP contribution is -2.28. The molecule has 70 valence electrons. The number of rotatable bonds is 2. The Labute approximate surface area is 71.0 Å². The fourth-order valence-corrected chi connectivity index (χ4v) is 2.12. The van der Waals surface area contributed by atoms with Crippen molar-refractivity contribution < 1.29 is 18.3 Å². The van der Waals surface area contributed by atoms with Crippen molar-refractivity contribution in [2.24, 2.45) is 5.92 Å². The molecule has 0 spiro atoms. The minimum atomic E-state index is -3.20. The SMILES string of the molecule is CS(=O)(=O)N1CC[C@H](C(=O)O)C1. The number of carboxylic acids is 1. The lowest BCUT2D eigenvalue weighted by atomic mass is 10.1. The van der Waals surface area contributed by atoms with E-state index in [1.807, 2.05) is 0 Å². The summed E-state index contributed by atoms with van der Waals surface area (Å²) in [4.78, 5) is 10.5. The molecule has 0 aromatic carbocycles. The first-order chi connectivity index (χ1) is 5.41. The molecule has 1 N–H and O–H groups in total. The summed E-state index contributed by atoms with van der Waals surface area (Å²) >= 11 is 0. The minimum absolute atomic E-state index is 0.119. The molecule has 1 atom stereocenters. The Hall–Kier alpha value is -0.620. The quantitative estimate of drug-likeness (QED) is 0.632. The zero-order chi connectivity index (χ0) is 9.35. The lowest BCUT2D eigenvalue weighted by Gasteiger charge is -2.10. The molecule has 1 saturated heterocycles. The van der Waals surface area contributed by atoms with Crippen molar-refractivity contribution in [1.82, 2.24) is 4.31 Å². The van der Waals surface area contributed by atoms with E-state index in [0.717, 1.165) is 6.26 Å². The third-order valence-electron chi connectivity index (χ3n) is 1.97. The van der Waals surface area contributed by atoms with Gasteiger partial charge in [0.2, 0.25) is 10.0 Å². The van der Waals surface area contributed by atoms with Crippen molar-refractivity contribution in [3.63, 3.8) is 0 Å². The second-order valence-corrected chi connectivity index (χ2v) is 4.93. The van der Waals surface area contributed by atoms with Crippen LogP contribution in [0.15, 0.2) is 0 Å². The third kappa shape index (κ3) is 1.95. The van der Waals surface area contributed by atoms with Crippen molar-refractivity contribution in [1.29, 1.82) is 0 Å². The topological polar surface area (TPSA) is 74.7 Å². The number of hydrogen-bond donors (Lipinski definition) is 1. The second kappa shape index (κ2) is 3.02. The molecule has 12 heavy (non-hydrogen) atoms. The summed E-state index contributed by atoms with van der Waals surface area (Å²) in [7, 11) is -3.20. The summed E-state index contributed by atoms with van der Waals surface area (Å²) in [6, 6.07) is 0. The summed E-state index contributed by atoms with van der Waals surface area (Å²) < 4.78 is 23.1. The van der Waals surface area contributed by atoms with E-state index in [4.69, 9.17) is 5.11 Å². The van der Waals surface area contributed by atoms with Crippen LogP contribution in [-0.2, 0) is 14.8 Å². The molecule has 1 rings (SSSR count). The van der Waals surface area contributed by atoms with Crippen LogP contribution in [0.1, 0.15) is 6.42 Å². The largest absolute Gasteiger partial charge is 0.481 e. The molecule has 0 bridgehead atoms. The number of hydrogen-bond acceptors (Lipinski definition) is 3. The molecule has 0 amide bonds. The van der Waals surface area contributed by atoms with Crippen LogP contribution in [0, 0.1) is 5.92 Å². The highest BCUT2D eigenvalue weighted by Gasteiger charge is 2.32. The fourth-order valence-electron chi connectivity index (χ4n) is 1.23. The summed E-state index contributed by atoms with van der Waals surface area (Å²) in [5.41, 5.74) is 0. The van der Waals surface area contributed by atoms with Crippen molar-refractivity contribution in [2.45, 2.75) is 6.42 Å². The van der Waals surface area contributed by atoms with E-state index in [-0.39, 0.29) is 6.54 Å². The van der Waals surface area contributed by atoms with Crippen LogP contribution in [0.25, 0.3) is 0 Å². The van der Waals surface area contributed by atoms with Gasteiger partial charge < -0.3 is 5.11 Å². The first-order valence-electron chi connectivity index (χ1n) is 3.59. The van der Waals surface area contributed by atoms with Crippen molar-refractivity contribution in [3.8, 4) is 0 Å². The Bertz CT molecular complexity index is 284. The average molecular weight is 193 g/mol. The van der Waals surface area contributed by atoms with Gasteiger partial charge in [-0.05, 0) is 6.42 Å². The van der Waals surface area contributed by atoms with Gasteiger partial charge in [0, 0.05) is 13.1 Å². The minimum Gasteiger partial charge on any atom is -0.481 e. The average Bonchev–Trinajstić information content (AvgIpc) is 2.30. The van der Waals surface area contributed by atoms with E-state index in [0.29, 0.717) is 13.0 Å². The molecule has 0 radical (unpaired) electrons. The number of carbonyl (C=O) groups is 1. The van der Waals surface area contributed by atoms with E-state index in [1.54, 1.807) is 0 Å². The summed E-state index contributed by atoms with van der Waals surface area (Å²) in [6.07, 6.45) is 1.51. The smallest absolute Gasteiger partial charge is 0.307 e. The van der Waals surface area contributed by atoms with Crippen molar-refractivity contribution in [3.05, 3.63) is 0 Å². The predicted octanol–water partition coefficient (Wildman–Crippen LogP) is -0.648. The third-order valence-corrected chi connectivity index (χ3v) is 3.24. The number of aliphatic carboxylic acids is 1. The highest BCUT2D eigenvalue weighted by Crippen LogP contribution is 2.18. The second-order valence-electron chi connectivity index (χ2n) is 2.94. The monoisotopic (exact) mass is 193 g/mol. The molecule has 1 heterocycles. The maximum absolute atomic E-state index is 10.9. The maximum atomic E-state index is 10.9. The Balaban J connectivity index is 2.64. The molecule has 0 saturated carbocycles. The van der Waals surface area contributed by atoms with Crippen LogP contribution in [0.3, 0.4) is 0 Å². The Kier molecular flexibility index (Phi) is 2.39. The predicted molar refractivity (Wildman–Crippen MR) is 42.2 cm³/mol. The van der Waals surface area contributed by atoms with E-state index in [2.05, 4.69) is 0 Å². The van der Waals surface area contributed by atoms with Crippen LogP contribution >= 0.6 is 0 Å². The molecule has 5 nitrogen and oxygen atoms in total. The summed E-state index contributed by atoms with van der Waals surface area (Å²) in [5, 5.41) is 8.58. The highest BCUT2D eigenvalue weighted by atomic mass is 32.2. The molecular weight excluding hydrogens is 182 g/mol. The standard InChI is InChI=1S/C6H11NO4S/c1-12(10,11)7-3-2-5(4-7)6(8)9/h5H,2-4H2,1H3,(H,8,9)/t5-/m0/s1. The first kappa shape index (κ1) is 9.47. The van der Waals surface area contributed by atoms with Gasteiger partial charge in [-0.25, -0.2) is 12.7 Å². The van der Waals surface area contributed by atoms with Gasteiger partial charge in [-0.15, -0.1) is 0 Å². The fraction of sp³-hybridized carbons (Fsp3) is 0.833. The van der Waals surface area contributed by atoms with Gasteiger partial charge in [-0.3, -0.25) is 4.79 Å². The van der Waals surface area contributed by atoms with Crippen molar-refractivity contribution >= 4 is 16.0 Å². The molecule has 0 unspecified atom stereocenters. The first-order valence-corrected chi connectivity index (χ1v) is 5.44. The molecule has 0 aromatic heterocycles. The molecule has 6 heteroatoms. The van der Waals surface area contributed by atoms with Gasteiger partial charge in [0.15, 0.2) is 0 Å². The highest BCUT2D eigenvalue weighted by molar-refractivity contribution is 7.88. The molecule has 1 fully saturated rings. The van der Waals surface area contributed by atoms with Crippen molar-refractivity contribution in [2.75, 3.05) is 19.3 Å². The van der Waals surface area contributed by atoms with E-state index >= 15 is 0 Å². The van der Waals surface area contributed by atoms with Gasteiger partial charge in [-0.1, -0.05) is 0 Å². The Morgan fingerprint density at radius 1 is 1.58 bits per heavy atom. The zero-order valence-corrected chi connectivity index (χ0v) is 7.54. The van der Waals surface area contributed by atoms with Gasteiger partial charge in [0.25, 0.3) is 0 Å². The van der Waals surface area contributed by atoms with Crippen LogP contribution in [0.2, 0.25) is 0 Å².